The van der Waals surface area contributed by atoms with Gasteiger partial charge in [0.15, 0.2) is 0 Å². The standard InChI is InChI=1S/C25H26N2O/c1-19-11-10-16-24(20(19)2)28-18-9-8-17-27-23-15-7-6-14-22(23)26-25(27)21-12-4-3-5-13-21/h3-7,10-16H,8-9,17-18H2,1-2H3. The van der Waals surface area contributed by atoms with Gasteiger partial charge in [0.2, 0.25) is 0 Å². The largest absolute Gasteiger partial charge is 0.493 e. The summed E-state index contributed by atoms with van der Waals surface area (Å²) in [5, 5.41) is 0. The number of unbranched alkanes of at least 4 members (excludes halogenated alkanes) is 1. The molecule has 3 nitrogen and oxygen atoms in total. The topological polar surface area (TPSA) is 27.1 Å². The molecule has 0 radical (unpaired) electrons. The minimum Gasteiger partial charge on any atom is -0.493 e. The van der Waals surface area contributed by atoms with Crippen LogP contribution in [0, 0.1) is 13.8 Å². The molecule has 0 atom stereocenters. The van der Waals surface area contributed by atoms with E-state index in [9.17, 15) is 0 Å². The Morgan fingerprint density at radius 3 is 2.46 bits per heavy atom. The van der Waals surface area contributed by atoms with Gasteiger partial charge < -0.3 is 9.30 Å². The molecule has 0 bridgehead atoms. The normalized spacial score (nSPS) is 11.1. The van der Waals surface area contributed by atoms with E-state index in [1.165, 1.54) is 16.6 Å². The van der Waals surface area contributed by atoms with Crippen LogP contribution in [-0.4, -0.2) is 16.2 Å². The third-order valence-electron chi connectivity index (χ3n) is 5.28. The van der Waals surface area contributed by atoms with E-state index >= 15 is 0 Å². The third-order valence-corrected chi connectivity index (χ3v) is 5.28. The SMILES string of the molecule is Cc1cccc(OCCCCn2c(-c3ccccc3)nc3ccccc32)c1C. The predicted octanol–water partition coefficient (Wildman–Crippen LogP) is 6.18. The lowest BCUT2D eigenvalue weighted by molar-refractivity contribution is 0.301. The molecule has 0 aliphatic heterocycles. The number of nitrogens with zero attached hydrogens (tertiary/aromatic N) is 2. The van der Waals surface area contributed by atoms with Crippen LogP contribution in [0.4, 0.5) is 0 Å². The van der Waals surface area contributed by atoms with Crippen LogP contribution >= 0.6 is 0 Å². The fourth-order valence-corrected chi connectivity index (χ4v) is 3.54. The molecule has 1 aromatic heterocycles. The first-order valence-corrected chi connectivity index (χ1v) is 9.94. The Bertz CT molecular complexity index is 1070. The zero-order valence-electron chi connectivity index (χ0n) is 16.6. The molecule has 28 heavy (non-hydrogen) atoms. The molecule has 0 fully saturated rings. The summed E-state index contributed by atoms with van der Waals surface area (Å²) >= 11 is 0. The summed E-state index contributed by atoms with van der Waals surface area (Å²) in [6.07, 6.45) is 2.05. The van der Waals surface area contributed by atoms with Crippen molar-refractivity contribution in [1.82, 2.24) is 9.55 Å². The molecule has 0 amide bonds. The maximum absolute atomic E-state index is 6.01. The van der Waals surface area contributed by atoms with Gasteiger partial charge in [-0.3, -0.25) is 0 Å². The number of hydrogen-bond acceptors (Lipinski definition) is 2. The Kier molecular flexibility index (Phi) is 5.43. The van der Waals surface area contributed by atoms with Crippen LogP contribution in [0.5, 0.6) is 5.75 Å². The first kappa shape index (κ1) is 18.3. The number of para-hydroxylation sites is 2. The maximum Gasteiger partial charge on any atom is 0.141 e. The lowest BCUT2D eigenvalue weighted by atomic mass is 10.1. The maximum atomic E-state index is 6.01. The van der Waals surface area contributed by atoms with Crippen molar-refractivity contribution in [3.63, 3.8) is 0 Å². The number of ether oxygens (including phenoxy) is 1. The van der Waals surface area contributed by atoms with E-state index in [0.29, 0.717) is 0 Å². The summed E-state index contributed by atoms with van der Waals surface area (Å²) in [5.41, 5.74) is 5.90. The summed E-state index contributed by atoms with van der Waals surface area (Å²) in [6, 6.07) is 25.0. The molecule has 0 unspecified atom stereocenters. The molecule has 4 rings (SSSR count). The highest BCUT2D eigenvalue weighted by Gasteiger charge is 2.11. The minimum atomic E-state index is 0.734. The van der Waals surface area contributed by atoms with Crippen molar-refractivity contribution >= 4 is 11.0 Å². The number of rotatable bonds is 7. The Morgan fingerprint density at radius 1 is 0.821 bits per heavy atom. The smallest absolute Gasteiger partial charge is 0.141 e. The summed E-state index contributed by atoms with van der Waals surface area (Å²) in [7, 11) is 0. The van der Waals surface area contributed by atoms with Crippen LogP contribution in [0.15, 0.2) is 72.8 Å². The van der Waals surface area contributed by atoms with Gasteiger partial charge in [0.25, 0.3) is 0 Å². The first-order chi connectivity index (χ1) is 13.7. The number of fused-ring (bicyclic) bond motifs is 1. The highest BCUT2D eigenvalue weighted by Crippen LogP contribution is 2.25. The molecular formula is C25H26N2O. The lowest BCUT2D eigenvalue weighted by Crippen LogP contribution is -2.04. The van der Waals surface area contributed by atoms with Gasteiger partial charge in [-0.25, -0.2) is 4.98 Å². The average molecular weight is 370 g/mol. The first-order valence-electron chi connectivity index (χ1n) is 9.94. The molecule has 0 aliphatic carbocycles. The monoisotopic (exact) mass is 370 g/mol. The number of aromatic nitrogens is 2. The van der Waals surface area contributed by atoms with E-state index in [1.807, 2.05) is 12.1 Å². The van der Waals surface area contributed by atoms with E-state index in [2.05, 4.69) is 79.1 Å². The van der Waals surface area contributed by atoms with Gasteiger partial charge in [0.1, 0.15) is 11.6 Å². The Balaban J connectivity index is 1.45. The highest BCUT2D eigenvalue weighted by molar-refractivity contribution is 5.80. The van der Waals surface area contributed by atoms with Gasteiger partial charge in [0.05, 0.1) is 17.6 Å². The Hall–Kier alpha value is -3.07. The zero-order valence-corrected chi connectivity index (χ0v) is 16.6. The van der Waals surface area contributed by atoms with Crippen molar-refractivity contribution in [3.8, 4) is 17.1 Å². The summed E-state index contributed by atoms with van der Waals surface area (Å²) in [6.45, 7) is 5.91. The minimum absolute atomic E-state index is 0.734. The van der Waals surface area contributed by atoms with Gasteiger partial charge >= 0.3 is 0 Å². The van der Waals surface area contributed by atoms with Crippen LogP contribution in [-0.2, 0) is 6.54 Å². The molecule has 0 saturated carbocycles. The molecule has 0 N–H and O–H groups in total. The summed E-state index contributed by atoms with van der Waals surface area (Å²) in [5.74, 6) is 2.04. The van der Waals surface area contributed by atoms with Crippen LogP contribution in [0.1, 0.15) is 24.0 Å². The quantitative estimate of drug-likeness (QED) is 0.363. The Labute approximate surface area is 166 Å². The summed E-state index contributed by atoms with van der Waals surface area (Å²) < 4.78 is 8.35. The van der Waals surface area contributed by atoms with Gasteiger partial charge in [-0.2, -0.15) is 0 Å². The predicted molar refractivity (Wildman–Crippen MR) is 116 cm³/mol. The second-order valence-corrected chi connectivity index (χ2v) is 7.20. The number of aryl methyl sites for hydroxylation is 2. The molecule has 142 valence electrons. The van der Waals surface area contributed by atoms with Gasteiger partial charge in [-0.15, -0.1) is 0 Å². The number of benzene rings is 3. The second kappa shape index (κ2) is 8.30. The average Bonchev–Trinajstić information content (AvgIpc) is 3.10. The molecule has 0 spiro atoms. The van der Waals surface area contributed by atoms with E-state index in [0.717, 1.165) is 48.6 Å². The van der Waals surface area contributed by atoms with E-state index in [4.69, 9.17) is 9.72 Å². The lowest BCUT2D eigenvalue weighted by Gasteiger charge is -2.12. The van der Waals surface area contributed by atoms with E-state index in [-0.39, 0.29) is 0 Å². The van der Waals surface area contributed by atoms with Crippen molar-refractivity contribution < 1.29 is 4.74 Å². The van der Waals surface area contributed by atoms with Crippen LogP contribution in [0.2, 0.25) is 0 Å². The molecular weight excluding hydrogens is 344 g/mol. The number of hydrogen-bond donors (Lipinski definition) is 0. The van der Waals surface area contributed by atoms with Crippen molar-refractivity contribution in [3.05, 3.63) is 83.9 Å². The van der Waals surface area contributed by atoms with Gasteiger partial charge in [-0.05, 0) is 56.0 Å². The van der Waals surface area contributed by atoms with Crippen LogP contribution < -0.4 is 4.74 Å². The Morgan fingerprint density at radius 2 is 1.61 bits per heavy atom. The van der Waals surface area contributed by atoms with E-state index in [1.54, 1.807) is 0 Å². The fraction of sp³-hybridized carbons (Fsp3) is 0.240. The molecule has 1 heterocycles. The fourth-order valence-electron chi connectivity index (χ4n) is 3.54. The molecule has 3 heteroatoms. The third kappa shape index (κ3) is 3.79. The van der Waals surface area contributed by atoms with Gasteiger partial charge in [-0.1, -0.05) is 54.6 Å². The van der Waals surface area contributed by atoms with Crippen molar-refractivity contribution in [2.24, 2.45) is 0 Å². The molecule has 0 aliphatic rings. The zero-order chi connectivity index (χ0) is 19.3. The van der Waals surface area contributed by atoms with Crippen LogP contribution in [0.25, 0.3) is 22.4 Å². The van der Waals surface area contributed by atoms with Gasteiger partial charge in [0, 0.05) is 12.1 Å². The van der Waals surface area contributed by atoms with Crippen molar-refractivity contribution in [2.45, 2.75) is 33.2 Å². The van der Waals surface area contributed by atoms with Crippen molar-refractivity contribution in [2.75, 3.05) is 6.61 Å². The van der Waals surface area contributed by atoms with Crippen LogP contribution in [0.3, 0.4) is 0 Å². The number of imidazole rings is 1. The summed E-state index contributed by atoms with van der Waals surface area (Å²) in [4.78, 5) is 4.88. The molecule has 4 aromatic rings. The highest BCUT2D eigenvalue weighted by atomic mass is 16.5. The molecule has 0 saturated heterocycles. The molecule has 3 aromatic carbocycles. The van der Waals surface area contributed by atoms with Crippen molar-refractivity contribution in [1.29, 1.82) is 0 Å². The second-order valence-electron chi connectivity index (χ2n) is 7.20. The van der Waals surface area contributed by atoms with E-state index < -0.39 is 0 Å².